The Labute approximate surface area is 467 Å². The van der Waals surface area contributed by atoms with E-state index in [0.717, 1.165) is 61.5 Å². The molecule has 7 heteroatoms. The lowest BCUT2D eigenvalue weighted by atomic mass is 10.0. The van der Waals surface area contributed by atoms with Crippen LogP contribution in [0.25, 0.3) is 110 Å². The molecule has 0 saturated carbocycles. The highest BCUT2D eigenvalue weighted by Crippen LogP contribution is 2.40. The zero-order valence-corrected chi connectivity index (χ0v) is 45.0. The molecule has 1 aliphatic rings. The van der Waals surface area contributed by atoms with E-state index in [9.17, 15) is 0 Å². The van der Waals surface area contributed by atoms with E-state index in [4.69, 9.17) is 9.72 Å². The van der Waals surface area contributed by atoms with Crippen molar-refractivity contribution in [3.05, 3.63) is 291 Å². The molecule has 0 unspecified atom stereocenters. The predicted octanol–water partition coefficient (Wildman–Crippen LogP) is 15.3. The van der Waals surface area contributed by atoms with Gasteiger partial charge in [0.2, 0.25) is 0 Å². The normalized spacial score (nSPS) is 12.5. The largest absolute Gasteiger partial charge is 0.459 e. The van der Waals surface area contributed by atoms with E-state index < -0.39 is 8.07 Å². The minimum atomic E-state index is -3.11. The topological polar surface area (TPSA) is 41.8 Å². The second-order valence-corrected chi connectivity index (χ2v) is 25.3. The first-order chi connectivity index (χ1) is 40.2. The number of aromatic nitrogens is 5. The van der Waals surface area contributed by atoms with Crippen LogP contribution < -0.4 is 25.5 Å². The van der Waals surface area contributed by atoms with E-state index in [1.54, 1.807) is 0 Å². The molecule has 0 fully saturated rings. The summed E-state index contributed by atoms with van der Waals surface area (Å²) in [6.45, 7) is 0.507. The third kappa shape index (κ3) is 6.76. The first-order valence-electron chi connectivity index (χ1n) is 27.8. The maximum Gasteiger partial charge on any atom is 0.302 e. The Morgan fingerprint density at radius 2 is 0.741 bits per heavy atom. The Kier molecular flexibility index (Phi) is 9.99. The Balaban J connectivity index is 0.897. The molecule has 17 rings (SSSR count). The van der Waals surface area contributed by atoms with Gasteiger partial charge >= 0.3 is 6.01 Å². The number of rotatable bonds is 8. The second kappa shape index (κ2) is 17.8. The molecular formula is C74H49N5OSi. The predicted molar refractivity (Wildman–Crippen MR) is 337 cm³/mol. The Hall–Kier alpha value is -10.5. The molecule has 81 heavy (non-hydrogen) atoms. The van der Waals surface area contributed by atoms with E-state index in [1.165, 1.54) is 75.1 Å². The lowest BCUT2D eigenvalue weighted by Crippen LogP contribution is -2.74. The number of fused-ring (bicyclic) bond motifs is 14. The van der Waals surface area contributed by atoms with Crippen LogP contribution in [0.1, 0.15) is 5.56 Å². The summed E-state index contributed by atoms with van der Waals surface area (Å²) in [5.41, 5.74) is 16.9. The number of nitrogens with zero attached hydrogens (tertiary/aromatic N) is 5. The molecule has 5 heterocycles. The molecule has 4 aromatic heterocycles. The van der Waals surface area contributed by atoms with E-state index in [-0.39, 0.29) is 0 Å². The van der Waals surface area contributed by atoms with Crippen LogP contribution in [0, 0.1) is 0 Å². The molecule has 6 nitrogen and oxygen atoms in total. The van der Waals surface area contributed by atoms with Crippen molar-refractivity contribution in [1.82, 2.24) is 23.3 Å². The fourth-order valence-corrected chi connectivity index (χ4v) is 18.5. The summed E-state index contributed by atoms with van der Waals surface area (Å²) in [5, 5.41) is 12.6. The molecular weight excluding hydrogens is 1000 g/mol. The van der Waals surface area contributed by atoms with Gasteiger partial charge in [-0.25, -0.2) is 0 Å². The molecule has 16 aromatic rings. The van der Waals surface area contributed by atoms with Crippen molar-refractivity contribution in [2.24, 2.45) is 0 Å². The Morgan fingerprint density at radius 1 is 0.296 bits per heavy atom. The molecule has 380 valence electrons. The summed E-state index contributed by atoms with van der Waals surface area (Å²) >= 11 is 0. The second-order valence-electron chi connectivity index (χ2n) is 21.4. The van der Waals surface area contributed by atoms with Crippen LogP contribution in [-0.2, 0) is 6.61 Å². The van der Waals surface area contributed by atoms with Gasteiger partial charge in [-0.3, -0.25) is 4.57 Å². The smallest absolute Gasteiger partial charge is 0.302 e. The number of ether oxygens (including phenoxy) is 1. The quantitative estimate of drug-likeness (QED) is 0.112. The van der Waals surface area contributed by atoms with Crippen molar-refractivity contribution >= 4 is 105 Å². The molecule has 0 spiro atoms. The van der Waals surface area contributed by atoms with Crippen LogP contribution in [0.4, 0.5) is 0 Å². The van der Waals surface area contributed by atoms with Gasteiger partial charge < -0.3 is 18.4 Å². The van der Waals surface area contributed by atoms with Gasteiger partial charge in [-0.1, -0.05) is 194 Å². The molecule has 12 aromatic carbocycles. The lowest BCUT2D eigenvalue weighted by Gasteiger charge is -2.35. The third-order valence-corrected chi connectivity index (χ3v) is 22.0. The highest BCUT2D eigenvalue weighted by Gasteiger charge is 2.42. The van der Waals surface area contributed by atoms with Gasteiger partial charge in [0.15, 0.2) is 8.07 Å². The van der Waals surface area contributed by atoms with Crippen LogP contribution in [0.3, 0.4) is 0 Å². The third-order valence-electron chi connectivity index (χ3n) is 17.2. The highest BCUT2D eigenvalue weighted by atomic mass is 28.3. The van der Waals surface area contributed by atoms with Crippen molar-refractivity contribution in [1.29, 1.82) is 0 Å². The zero-order chi connectivity index (χ0) is 53.2. The van der Waals surface area contributed by atoms with E-state index in [2.05, 4.69) is 303 Å². The summed E-state index contributed by atoms with van der Waals surface area (Å²) in [5.74, 6) is 0. The summed E-state index contributed by atoms with van der Waals surface area (Å²) in [6, 6.07) is 106. The van der Waals surface area contributed by atoms with Gasteiger partial charge in [-0.15, -0.1) is 0 Å². The van der Waals surface area contributed by atoms with Gasteiger partial charge in [-0.2, -0.15) is 4.98 Å². The average Bonchev–Trinajstić information content (AvgIpc) is 4.51. The molecule has 1 aliphatic heterocycles. The van der Waals surface area contributed by atoms with Crippen LogP contribution >= 0.6 is 0 Å². The zero-order valence-electron chi connectivity index (χ0n) is 44.0. The number of benzene rings is 12. The minimum Gasteiger partial charge on any atom is -0.459 e. The summed E-state index contributed by atoms with van der Waals surface area (Å²) < 4.78 is 15.8. The summed E-state index contributed by atoms with van der Waals surface area (Å²) in [6.07, 6.45) is 0. The number of hydrogen-bond donors (Lipinski definition) is 0. The molecule has 0 radical (unpaired) electrons. The van der Waals surface area contributed by atoms with E-state index in [0.29, 0.717) is 12.6 Å². The molecule has 0 N–H and O–H groups in total. The van der Waals surface area contributed by atoms with Crippen molar-refractivity contribution in [3.8, 4) is 39.9 Å². The van der Waals surface area contributed by atoms with Gasteiger partial charge in [-0.05, 0) is 123 Å². The SMILES string of the molecule is c1ccc([Si](c2ccccc2)(c2cccc(-c3ccc4nc5n(c4c3)-c3ccccc3CO5)c2)c2cccc(-n3c4ccc(-n5c6ccccc6c6ccccc65)cc4c4cc(-n5c6ccccc6c6ccccc65)ccc43)c2)cc1. The van der Waals surface area contributed by atoms with Crippen molar-refractivity contribution in [2.75, 3.05) is 0 Å². The van der Waals surface area contributed by atoms with E-state index in [1.807, 2.05) is 0 Å². The van der Waals surface area contributed by atoms with Gasteiger partial charge in [0.25, 0.3) is 0 Å². The van der Waals surface area contributed by atoms with Crippen LogP contribution in [0.2, 0.25) is 0 Å². The number of para-hydroxylation sites is 5. The maximum absolute atomic E-state index is 6.23. The Bertz CT molecular complexity index is 4880. The number of imidazole rings is 1. The lowest BCUT2D eigenvalue weighted by molar-refractivity contribution is 0.265. The molecule has 0 amide bonds. The van der Waals surface area contributed by atoms with E-state index >= 15 is 0 Å². The fourth-order valence-electron chi connectivity index (χ4n) is 13.7. The average molecular weight is 1050 g/mol. The van der Waals surface area contributed by atoms with Gasteiger partial charge in [0, 0.05) is 54.9 Å². The van der Waals surface area contributed by atoms with Crippen LogP contribution in [-0.4, -0.2) is 31.3 Å². The Morgan fingerprint density at radius 3 is 1.31 bits per heavy atom. The van der Waals surface area contributed by atoms with Crippen LogP contribution in [0.15, 0.2) is 285 Å². The van der Waals surface area contributed by atoms with Crippen molar-refractivity contribution < 1.29 is 4.74 Å². The van der Waals surface area contributed by atoms with Crippen LogP contribution in [0.5, 0.6) is 6.01 Å². The van der Waals surface area contributed by atoms with Gasteiger partial charge in [0.05, 0.1) is 49.8 Å². The standard InChI is InChI=1S/C74H49N5OSi/c1-3-22-55(23-4-1)81(56-24-5-2-6-25-56,57-26-17-20-49(43-57)50-37-40-65-73(44-50)79-66-32-12-7-19-51(66)48-80-74(79)75-65)58-27-18-21-52(45-58)76-71-41-38-53(77-67-33-13-8-28-59(67)60-29-9-14-34-68(60)77)46-63(71)64-47-54(39-42-72(64)76)78-69-35-15-10-30-61(69)62-31-11-16-36-70(62)78/h1-47H,48H2. The number of hydrogen-bond acceptors (Lipinski definition) is 2. The van der Waals surface area contributed by atoms with Crippen molar-refractivity contribution in [2.45, 2.75) is 6.61 Å². The molecule has 0 atom stereocenters. The molecule has 0 aliphatic carbocycles. The summed E-state index contributed by atoms with van der Waals surface area (Å²) in [7, 11) is -3.11. The fraction of sp³-hybridized carbons (Fsp3) is 0.0135. The summed E-state index contributed by atoms with van der Waals surface area (Å²) in [4.78, 5) is 4.95. The first kappa shape index (κ1) is 45.5. The highest BCUT2D eigenvalue weighted by molar-refractivity contribution is 7.20. The monoisotopic (exact) mass is 1050 g/mol. The van der Waals surface area contributed by atoms with Crippen molar-refractivity contribution in [3.63, 3.8) is 0 Å². The molecule has 0 saturated heterocycles. The first-order valence-corrected chi connectivity index (χ1v) is 29.8. The minimum absolute atomic E-state index is 0.507. The maximum atomic E-state index is 6.23. The van der Waals surface area contributed by atoms with Gasteiger partial charge in [0.1, 0.15) is 6.61 Å². The molecule has 0 bridgehead atoms.